The number of nitrogens with one attached hydrogen (secondary N) is 1. The Morgan fingerprint density at radius 3 is 2.86 bits per heavy atom. The van der Waals surface area contributed by atoms with Crippen LogP contribution in [0, 0.1) is 0 Å². The molecule has 1 aliphatic rings. The molecule has 1 amide bonds. The molecule has 1 atom stereocenters. The van der Waals surface area contributed by atoms with Gasteiger partial charge in [-0.1, -0.05) is 6.07 Å². The summed E-state index contributed by atoms with van der Waals surface area (Å²) < 4.78 is 9.82. The standard InChI is InChI=1S/C16H21NO5/c1-3-22-15(19)14(18)17-10-16(20)8-4-5-11-9-12(21-2)6-7-13(11)16/h6-7,9,20H,3-5,8,10H2,1-2H3,(H,17,18). The molecule has 1 unspecified atom stereocenters. The number of hydrogen-bond acceptors (Lipinski definition) is 5. The van der Waals surface area contributed by atoms with E-state index >= 15 is 0 Å². The molecule has 0 saturated heterocycles. The molecule has 120 valence electrons. The lowest BCUT2D eigenvalue weighted by Crippen LogP contribution is -2.45. The van der Waals surface area contributed by atoms with Gasteiger partial charge in [-0.25, -0.2) is 4.79 Å². The van der Waals surface area contributed by atoms with E-state index in [0.717, 1.165) is 29.7 Å². The molecule has 22 heavy (non-hydrogen) atoms. The minimum Gasteiger partial charge on any atom is -0.497 e. The Labute approximate surface area is 129 Å². The second-order valence-corrected chi connectivity index (χ2v) is 5.31. The van der Waals surface area contributed by atoms with Crippen LogP contribution in [0.5, 0.6) is 5.75 Å². The minimum atomic E-state index is -1.18. The Morgan fingerprint density at radius 2 is 2.18 bits per heavy atom. The van der Waals surface area contributed by atoms with E-state index in [1.54, 1.807) is 20.1 Å². The predicted molar refractivity (Wildman–Crippen MR) is 79.5 cm³/mol. The summed E-state index contributed by atoms with van der Waals surface area (Å²) in [4.78, 5) is 22.9. The Bertz CT molecular complexity index is 572. The van der Waals surface area contributed by atoms with Crippen LogP contribution in [0.3, 0.4) is 0 Å². The summed E-state index contributed by atoms with van der Waals surface area (Å²) in [5, 5.41) is 13.3. The fraction of sp³-hybridized carbons (Fsp3) is 0.500. The molecule has 0 aromatic heterocycles. The number of methoxy groups -OCH3 is 1. The third-order valence-corrected chi connectivity index (χ3v) is 3.85. The molecule has 6 heteroatoms. The van der Waals surface area contributed by atoms with Crippen LogP contribution in [-0.4, -0.2) is 37.2 Å². The average Bonchev–Trinajstić information content (AvgIpc) is 2.52. The van der Waals surface area contributed by atoms with Crippen LogP contribution in [0.25, 0.3) is 0 Å². The SMILES string of the molecule is CCOC(=O)C(=O)NCC1(O)CCCc2cc(OC)ccc21. The first-order chi connectivity index (χ1) is 10.5. The van der Waals surface area contributed by atoms with Crippen molar-refractivity contribution in [2.75, 3.05) is 20.3 Å². The van der Waals surface area contributed by atoms with Crippen LogP contribution in [0.15, 0.2) is 18.2 Å². The zero-order chi connectivity index (χ0) is 16.2. The lowest BCUT2D eigenvalue weighted by Gasteiger charge is -2.34. The quantitative estimate of drug-likeness (QED) is 0.638. The number of amides is 1. The van der Waals surface area contributed by atoms with Crippen molar-refractivity contribution in [2.45, 2.75) is 31.8 Å². The Balaban J connectivity index is 2.12. The van der Waals surface area contributed by atoms with Gasteiger partial charge in [0.05, 0.1) is 20.3 Å². The third-order valence-electron chi connectivity index (χ3n) is 3.85. The van der Waals surface area contributed by atoms with Crippen molar-refractivity contribution in [1.82, 2.24) is 5.32 Å². The molecule has 0 radical (unpaired) electrons. The largest absolute Gasteiger partial charge is 0.497 e. The summed E-state index contributed by atoms with van der Waals surface area (Å²) in [7, 11) is 1.59. The summed E-state index contributed by atoms with van der Waals surface area (Å²) in [6.07, 6.45) is 2.17. The summed E-state index contributed by atoms with van der Waals surface area (Å²) >= 11 is 0. The van der Waals surface area contributed by atoms with Gasteiger partial charge in [0.2, 0.25) is 0 Å². The van der Waals surface area contributed by atoms with Crippen LogP contribution in [0.1, 0.15) is 30.9 Å². The van der Waals surface area contributed by atoms with Crippen LogP contribution in [-0.2, 0) is 26.3 Å². The van der Waals surface area contributed by atoms with Crippen LogP contribution >= 0.6 is 0 Å². The van der Waals surface area contributed by atoms with Gasteiger partial charge in [0.1, 0.15) is 11.4 Å². The molecule has 1 aromatic carbocycles. The first kappa shape index (κ1) is 16.3. The molecule has 0 bridgehead atoms. The summed E-state index contributed by atoms with van der Waals surface area (Å²) in [5.74, 6) is -1.04. The number of benzene rings is 1. The van der Waals surface area contributed by atoms with Crippen molar-refractivity contribution in [1.29, 1.82) is 0 Å². The number of ether oxygens (including phenoxy) is 2. The normalized spacial score (nSPS) is 20.0. The van der Waals surface area contributed by atoms with Gasteiger partial charge in [0.15, 0.2) is 0 Å². The summed E-state index contributed by atoms with van der Waals surface area (Å²) in [5.41, 5.74) is 0.587. The van der Waals surface area contributed by atoms with Gasteiger partial charge in [0, 0.05) is 0 Å². The number of carbonyl (C=O) groups is 2. The zero-order valence-corrected chi connectivity index (χ0v) is 12.8. The van der Waals surface area contributed by atoms with Gasteiger partial charge < -0.3 is 19.9 Å². The number of hydrogen-bond donors (Lipinski definition) is 2. The number of aliphatic hydroxyl groups is 1. The average molecular weight is 307 g/mol. The van der Waals surface area contributed by atoms with E-state index in [9.17, 15) is 14.7 Å². The van der Waals surface area contributed by atoms with Gasteiger partial charge in [-0.2, -0.15) is 0 Å². The van der Waals surface area contributed by atoms with E-state index in [4.69, 9.17) is 4.74 Å². The third kappa shape index (κ3) is 3.39. The van der Waals surface area contributed by atoms with Crippen molar-refractivity contribution >= 4 is 11.9 Å². The van der Waals surface area contributed by atoms with Gasteiger partial charge >= 0.3 is 11.9 Å². The van der Waals surface area contributed by atoms with Gasteiger partial charge in [-0.15, -0.1) is 0 Å². The molecule has 6 nitrogen and oxygen atoms in total. The van der Waals surface area contributed by atoms with E-state index in [-0.39, 0.29) is 13.2 Å². The van der Waals surface area contributed by atoms with Crippen molar-refractivity contribution in [3.8, 4) is 5.75 Å². The van der Waals surface area contributed by atoms with Crippen LogP contribution < -0.4 is 10.1 Å². The number of esters is 1. The van der Waals surface area contributed by atoms with Crippen LogP contribution in [0.2, 0.25) is 0 Å². The summed E-state index contributed by atoms with van der Waals surface area (Å²) in [6.45, 7) is 1.74. The molecule has 0 spiro atoms. The van der Waals surface area contributed by atoms with Crippen LogP contribution in [0.4, 0.5) is 0 Å². The molecular formula is C16H21NO5. The van der Waals surface area contributed by atoms with E-state index in [1.807, 2.05) is 12.1 Å². The van der Waals surface area contributed by atoms with E-state index in [2.05, 4.69) is 10.1 Å². The number of rotatable bonds is 4. The highest BCUT2D eigenvalue weighted by atomic mass is 16.5. The van der Waals surface area contributed by atoms with Gasteiger partial charge in [0.25, 0.3) is 0 Å². The molecule has 2 N–H and O–H groups in total. The Hall–Kier alpha value is -2.08. The maximum atomic E-state index is 11.6. The molecule has 0 aliphatic heterocycles. The maximum absolute atomic E-state index is 11.6. The first-order valence-electron chi connectivity index (χ1n) is 7.35. The molecule has 0 fully saturated rings. The number of fused-ring (bicyclic) bond motifs is 1. The number of carbonyl (C=O) groups excluding carboxylic acids is 2. The molecule has 2 rings (SSSR count). The highest BCUT2D eigenvalue weighted by Crippen LogP contribution is 2.36. The Morgan fingerprint density at radius 1 is 1.41 bits per heavy atom. The Kier molecular flexibility index (Phi) is 5.03. The smallest absolute Gasteiger partial charge is 0.396 e. The van der Waals surface area contributed by atoms with Crippen molar-refractivity contribution in [3.05, 3.63) is 29.3 Å². The topological polar surface area (TPSA) is 84.9 Å². The fourth-order valence-corrected chi connectivity index (χ4v) is 2.74. The highest BCUT2D eigenvalue weighted by molar-refractivity contribution is 6.32. The second-order valence-electron chi connectivity index (χ2n) is 5.31. The molecule has 1 aromatic rings. The summed E-state index contributed by atoms with van der Waals surface area (Å²) in [6, 6.07) is 5.48. The molecular weight excluding hydrogens is 286 g/mol. The van der Waals surface area contributed by atoms with Gasteiger partial charge in [-0.05, 0) is 49.4 Å². The molecule has 0 heterocycles. The van der Waals surface area contributed by atoms with E-state index in [1.165, 1.54) is 0 Å². The highest BCUT2D eigenvalue weighted by Gasteiger charge is 2.35. The first-order valence-corrected chi connectivity index (χ1v) is 7.35. The fourth-order valence-electron chi connectivity index (χ4n) is 2.74. The lowest BCUT2D eigenvalue weighted by molar-refractivity contribution is -0.155. The maximum Gasteiger partial charge on any atom is 0.396 e. The van der Waals surface area contributed by atoms with E-state index < -0.39 is 17.5 Å². The van der Waals surface area contributed by atoms with Gasteiger partial charge in [-0.3, -0.25) is 4.79 Å². The minimum absolute atomic E-state index is 0.0238. The van der Waals surface area contributed by atoms with Crippen molar-refractivity contribution < 1.29 is 24.2 Å². The second kappa shape index (κ2) is 6.79. The molecule has 1 aliphatic carbocycles. The predicted octanol–water partition coefficient (Wildman–Crippen LogP) is 0.898. The number of aryl methyl sites for hydroxylation is 1. The molecule has 0 saturated carbocycles. The van der Waals surface area contributed by atoms with Crippen molar-refractivity contribution in [2.24, 2.45) is 0 Å². The lowest BCUT2D eigenvalue weighted by atomic mass is 9.79. The van der Waals surface area contributed by atoms with E-state index in [0.29, 0.717) is 6.42 Å². The zero-order valence-electron chi connectivity index (χ0n) is 12.8. The monoisotopic (exact) mass is 307 g/mol. The van der Waals surface area contributed by atoms with Crippen molar-refractivity contribution in [3.63, 3.8) is 0 Å².